The van der Waals surface area contributed by atoms with Crippen LogP contribution in [-0.4, -0.2) is 64.0 Å². The minimum atomic E-state index is -1.11. The van der Waals surface area contributed by atoms with E-state index in [-0.39, 0.29) is 11.6 Å². The Labute approximate surface area is 123 Å². The van der Waals surface area contributed by atoms with Gasteiger partial charge in [0, 0.05) is 37.4 Å². The number of pyridine rings is 1. The van der Waals surface area contributed by atoms with Crippen LogP contribution in [0.15, 0.2) is 18.3 Å². The minimum Gasteiger partial charge on any atom is -0.477 e. The van der Waals surface area contributed by atoms with E-state index >= 15 is 0 Å². The number of piperidine rings is 1. The zero-order valence-electron chi connectivity index (χ0n) is 11.9. The van der Waals surface area contributed by atoms with E-state index < -0.39 is 5.97 Å². The largest absolute Gasteiger partial charge is 0.477 e. The molecule has 3 rings (SSSR count). The monoisotopic (exact) mass is 289 g/mol. The topological polar surface area (TPSA) is 73.7 Å². The molecule has 0 spiro atoms. The molecule has 1 unspecified atom stereocenters. The van der Waals surface area contributed by atoms with Crippen LogP contribution in [0.1, 0.15) is 40.1 Å². The molecule has 112 valence electrons. The molecule has 6 heteroatoms. The van der Waals surface area contributed by atoms with Gasteiger partial charge in [0.2, 0.25) is 0 Å². The van der Waals surface area contributed by atoms with Crippen LogP contribution >= 0.6 is 0 Å². The Hall–Kier alpha value is -1.95. The zero-order valence-corrected chi connectivity index (χ0v) is 11.9. The van der Waals surface area contributed by atoms with E-state index in [1.165, 1.54) is 25.1 Å². The predicted octanol–water partition coefficient (Wildman–Crippen LogP) is 1.09. The van der Waals surface area contributed by atoms with Crippen molar-refractivity contribution in [2.24, 2.45) is 0 Å². The molecule has 1 N–H and O–H groups in total. The number of hydrogen-bond donors (Lipinski definition) is 1. The first-order valence-corrected chi connectivity index (χ1v) is 7.38. The molecule has 3 heterocycles. The van der Waals surface area contributed by atoms with Crippen LogP contribution in [-0.2, 0) is 0 Å². The highest BCUT2D eigenvalue weighted by atomic mass is 16.4. The number of rotatable bonds is 2. The Kier molecular flexibility index (Phi) is 3.88. The lowest BCUT2D eigenvalue weighted by Gasteiger charge is -2.44. The standard InChI is InChI=1S/C15H19N3O3/c19-14(11-4-5-16-13(9-11)15(20)21)18-8-7-17-6-2-1-3-12(17)10-18/h4-5,9,12H,1-3,6-8,10H2,(H,20,21). The molecule has 2 aliphatic rings. The number of hydrogen-bond acceptors (Lipinski definition) is 4. The highest BCUT2D eigenvalue weighted by Gasteiger charge is 2.31. The van der Waals surface area contributed by atoms with E-state index in [0.29, 0.717) is 18.2 Å². The molecule has 6 nitrogen and oxygen atoms in total. The van der Waals surface area contributed by atoms with Gasteiger partial charge in [0.15, 0.2) is 0 Å². The Bertz CT molecular complexity index is 561. The molecule has 1 aromatic rings. The van der Waals surface area contributed by atoms with Crippen molar-refractivity contribution in [2.75, 3.05) is 26.2 Å². The second kappa shape index (κ2) is 5.81. The SMILES string of the molecule is O=C(O)c1cc(C(=O)N2CCN3CCCCC3C2)ccn1. The summed E-state index contributed by atoms with van der Waals surface area (Å²) in [6.45, 7) is 3.49. The van der Waals surface area contributed by atoms with Gasteiger partial charge in [0.05, 0.1) is 0 Å². The number of carbonyl (C=O) groups excluding carboxylic acids is 1. The van der Waals surface area contributed by atoms with E-state index in [1.807, 2.05) is 4.90 Å². The van der Waals surface area contributed by atoms with Crippen LogP contribution in [0.25, 0.3) is 0 Å². The van der Waals surface area contributed by atoms with E-state index in [2.05, 4.69) is 9.88 Å². The van der Waals surface area contributed by atoms with Gasteiger partial charge in [-0.1, -0.05) is 6.42 Å². The molecule has 1 amide bonds. The minimum absolute atomic E-state index is 0.0860. The van der Waals surface area contributed by atoms with Gasteiger partial charge >= 0.3 is 5.97 Å². The van der Waals surface area contributed by atoms with Gasteiger partial charge in [0.25, 0.3) is 5.91 Å². The van der Waals surface area contributed by atoms with Gasteiger partial charge < -0.3 is 10.0 Å². The van der Waals surface area contributed by atoms with Crippen molar-refractivity contribution in [1.29, 1.82) is 0 Å². The molecule has 2 saturated heterocycles. The summed E-state index contributed by atoms with van der Waals surface area (Å²) in [5, 5.41) is 8.96. The maximum Gasteiger partial charge on any atom is 0.354 e. The number of aromatic carboxylic acids is 1. The lowest BCUT2D eigenvalue weighted by atomic mass is 9.99. The van der Waals surface area contributed by atoms with Crippen LogP contribution in [0.2, 0.25) is 0 Å². The number of nitrogens with zero attached hydrogens (tertiary/aromatic N) is 3. The molecule has 2 fully saturated rings. The molecule has 0 bridgehead atoms. The Morgan fingerprint density at radius 2 is 2.10 bits per heavy atom. The molecule has 0 aromatic carbocycles. The van der Waals surface area contributed by atoms with Crippen LogP contribution in [0, 0.1) is 0 Å². The zero-order chi connectivity index (χ0) is 14.8. The average molecular weight is 289 g/mol. The van der Waals surface area contributed by atoms with Crippen molar-refractivity contribution in [2.45, 2.75) is 25.3 Å². The van der Waals surface area contributed by atoms with E-state index in [9.17, 15) is 9.59 Å². The van der Waals surface area contributed by atoms with Gasteiger partial charge in [-0.05, 0) is 31.5 Å². The van der Waals surface area contributed by atoms with Gasteiger partial charge in [-0.3, -0.25) is 9.69 Å². The summed E-state index contributed by atoms with van der Waals surface area (Å²) < 4.78 is 0. The molecule has 21 heavy (non-hydrogen) atoms. The Balaban J connectivity index is 1.73. The van der Waals surface area contributed by atoms with Crippen LogP contribution in [0.4, 0.5) is 0 Å². The second-order valence-corrected chi connectivity index (χ2v) is 5.67. The lowest BCUT2D eigenvalue weighted by molar-refractivity contribution is 0.0372. The van der Waals surface area contributed by atoms with Crippen molar-refractivity contribution in [3.05, 3.63) is 29.6 Å². The molecular formula is C15H19N3O3. The number of carboxylic acids is 1. The normalized spacial score (nSPS) is 22.7. The first-order valence-electron chi connectivity index (χ1n) is 7.38. The highest BCUT2D eigenvalue weighted by molar-refractivity contribution is 5.96. The number of piperazine rings is 1. The van der Waals surface area contributed by atoms with Gasteiger partial charge in [-0.15, -0.1) is 0 Å². The molecule has 1 atom stereocenters. The van der Waals surface area contributed by atoms with Crippen LogP contribution in [0.5, 0.6) is 0 Å². The lowest BCUT2D eigenvalue weighted by Crippen LogP contribution is -2.56. The highest BCUT2D eigenvalue weighted by Crippen LogP contribution is 2.22. The fourth-order valence-electron chi connectivity index (χ4n) is 3.20. The maximum atomic E-state index is 12.5. The first kappa shape index (κ1) is 14.0. The van der Waals surface area contributed by atoms with E-state index in [1.54, 1.807) is 6.07 Å². The van der Waals surface area contributed by atoms with Gasteiger partial charge in [0.1, 0.15) is 5.69 Å². The number of aromatic nitrogens is 1. The number of fused-ring (bicyclic) bond motifs is 1. The number of amides is 1. The maximum absolute atomic E-state index is 12.5. The second-order valence-electron chi connectivity index (χ2n) is 5.67. The third kappa shape index (κ3) is 2.90. The number of carboxylic acid groups (broad SMARTS) is 1. The molecule has 0 saturated carbocycles. The summed E-state index contributed by atoms with van der Waals surface area (Å²) in [5.41, 5.74) is 0.323. The third-order valence-corrected chi connectivity index (χ3v) is 4.35. The van der Waals surface area contributed by atoms with Crippen molar-refractivity contribution in [1.82, 2.24) is 14.8 Å². The summed E-state index contributed by atoms with van der Waals surface area (Å²) in [7, 11) is 0. The molecule has 2 aliphatic heterocycles. The van der Waals surface area contributed by atoms with Crippen molar-refractivity contribution < 1.29 is 14.7 Å². The quantitative estimate of drug-likeness (QED) is 0.882. The summed E-state index contributed by atoms with van der Waals surface area (Å²) in [6.07, 6.45) is 4.99. The smallest absolute Gasteiger partial charge is 0.354 e. The van der Waals surface area contributed by atoms with Crippen molar-refractivity contribution >= 4 is 11.9 Å². The fraction of sp³-hybridized carbons (Fsp3) is 0.533. The van der Waals surface area contributed by atoms with Crippen molar-refractivity contribution in [3.63, 3.8) is 0 Å². The molecule has 0 aliphatic carbocycles. The van der Waals surface area contributed by atoms with Gasteiger partial charge in [-0.25, -0.2) is 9.78 Å². The Morgan fingerprint density at radius 1 is 1.24 bits per heavy atom. The molecular weight excluding hydrogens is 270 g/mol. The van der Waals surface area contributed by atoms with Crippen LogP contribution in [0.3, 0.4) is 0 Å². The average Bonchev–Trinajstić information content (AvgIpc) is 2.53. The molecule has 1 aromatic heterocycles. The summed E-state index contributed by atoms with van der Waals surface area (Å²) in [5.74, 6) is -1.20. The number of carbonyl (C=O) groups is 2. The fourth-order valence-corrected chi connectivity index (χ4v) is 3.20. The Morgan fingerprint density at radius 3 is 2.90 bits per heavy atom. The summed E-state index contributed by atoms with van der Waals surface area (Å²) >= 11 is 0. The summed E-state index contributed by atoms with van der Waals surface area (Å²) in [4.78, 5) is 31.5. The van der Waals surface area contributed by atoms with Gasteiger partial charge in [-0.2, -0.15) is 0 Å². The van der Waals surface area contributed by atoms with E-state index in [0.717, 1.165) is 26.1 Å². The molecule has 0 radical (unpaired) electrons. The summed E-state index contributed by atoms with van der Waals surface area (Å²) in [6, 6.07) is 3.40. The first-order chi connectivity index (χ1) is 10.1. The van der Waals surface area contributed by atoms with E-state index in [4.69, 9.17) is 5.11 Å². The van der Waals surface area contributed by atoms with Crippen LogP contribution < -0.4 is 0 Å². The predicted molar refractivity (Wildman–Crippen MR) is 76.3 cm³/mol. The van der Waals surface area contributed by atoms with Crippen molar-refractivity contribution in [3.8, 4) is 0 Å². The third-order valence-electron chi connectivity index (χ3n) is 4.35.